The highest BCUT2D eigenvalue weighted by atomic mass is 35.5. The van der Waals surface area contributed by atoms with Gasteiger partial charge in [-0.2, -0.15) is 17.7 Å². The van der Waals surface area contributed by atoms with Crippen LogP contribution in [-0.2, 0) is 17.5 Å². The lowest BCUT2D eigenvalue weighted by Crippen LogP contribution is -3.00. The summed E-state index contributed by atoms with van der Waals surface area (Å²) in [4.78, 5) is 11.9. The van der Waals surface area contributed by atoms with Crippen LogP contribution in [-0.4, -0.2) is 5.91 Å². The first-order valence-electron chi connectivity index (χ1n) is 6.28. The molecule has 0 bridgehead atoms. The summed E-state index contributed by atoms with van der Waals surface area (Å²) in [6, 6.07) is 10.0. The lowest BCUT2D eigenvalue weighted by Gasteiger charge is -2.09. The lowest BCUT2D eigenvalue weighted by atomic mass is 10.2. The first-order chi connectivity index (χ1) is 9.86. The molecule has 0 spiro atoms. The Morgan fingerprint density at radius 3 is 2.55 bits per heavy atom. The van der Waals surface area contributed by atoms with Crippen LogP contribution >= 0.6 is 0 Å². The number of benzene rings is 1. The van der Waals surface area contributed by atoms with Crippen LogP contribution in [0.1, 0.15) is 11.3 Å². The van der Waals surface area contributed by atoms with Crippen molar-refractivity contribution in [2.75, 3.05) is 5.32 Å². The smallest absolute Gasteiger partial charge is 0.416 e. The van der Waals surface area contributed by atoms with Gasteiger partial charge >= 0.3 is 6.18 Å². The normalized spacial score (nSPS) is 10.7. The standard InChI is InChI=1S/C15H13F3N2O.ClH/c1-11-5-2-3-8-20(11)10-14(21)19-13-7-4-6-12(9-13)15(16,17)18;/h2-9H,10H2,1H3;1H. The number of aryl methyl sites for hydroxylation is 1. The molecule has 2 aromatic rings. The zero-order chi connectivity index (χ0) is 15.5. The maximum atomic E-state index is 12.6. The number of amides is 1. The minimum absolute atomic E-state index is 0. The molecule has 0 aliphatic carbocycles. The van der Waals surface area contributed by atoms with Crippen molar-refractivity contribution in [3.63, 3.8) is 0 Å². The molecule has 1 aromatic carbocycles. The number of rotatable bonds is 3. The van der Waals surface area contributed by atoms with Gasteiger partial charge in [-0.05, 0) is 18.2 Å². The third-order valence-electron chi connectivity index (χ3n) is 2.96. The van der Waals surface area contributed by atoms with Crippen molar-refractivity contribution in [2.45, 2.75) is 19.6 Å². The highest BCUT2D eigenvalue weighted by Gasteiger charge is 2.30. The van der Waals surface area contributed by atoms with Crippen molar-refractivity contribution in [2.24, 2.45) is 0 Å². The maximum absolute atomic E-state index is 12.6. The third-order valence-corrected chi connectivity index (χ3v) is 2.96. The Balaban J connectivity index is 0.00000242. The van der Waals surface area contributed by atoms with Crippen LogP contribution in [0.25, 0.3) is 0 Å². The Bertz CT molecular complexity index is 659. The number of carbonyl (C=O) groups is 1. The number of aromatic nitrogens is 1. The predicted molar refractivity (Wildman–Crippen MR) is 71.4 cm³/mol. The fourth-order valence-electron chi connectivity index (χ4n) is 1.87. The van der Waals surface area contributed by atoms with Crippen molar-refractivity contribution < 1.29 is 34.9 Å². The quantitative estimate of drug-likeness (QED) is 0.786. The van der Waals surface area contributed by atoms with E-state index in [-0.39, 0.29) is 30.5 Å². The number of pyridine rings is 1. The number of anilines is 1. The molecule has 0 saturated carbocycles. The molecule has 0 aliphatic rings. The number of halogens is 4. The highest BCUT2D eigenvalue weighted by Crippen LogP contribution is 2.30. The number of hydrogen-bond donors (Lipinski definition) is 1. The Hall–Kier alpha value is -2.08. The molecular weight excluding hydrogens is 317 g/mol. The summed E-state index contributed by atoms with van der Waals surface area (Å²) in [5, 5.41) is 2.47. The van der Waals surface area contributed by atoms with E-state index >= 15 is 0 Å². The fourth-order valence-corrected chi connectivity index (χ4v) is 1.87. The third kappa shape index (κ3) is 4.73. The number of hydrogen-bond acceptors (Lipinski definition) is 1. The number of carbonyl (C=O) groups excluding carboxylic acids is 1. The van der Waals surface area contributed by atoms with E-state index in [1.165, 1.54) is 12.1 Å². The zero-order valence-corrected chi connectivity index (χ0v) is 12.4. The first kappa shape index (κ1) is 18.0. The van der Waals surface area contributed by atoms with Gasteiger partial charge in [0.25, 0.3) is 5.91 Å². The SMILES string of the molecule is Cc1cccc[n+]1CC(=O)Nc1cccc(C(F)(F)F)c1.[Cl-]. The van der Waals surface area contributed by atoms with E-state index in [1.54, 1.807) is 16.8 Å². The average molecular weight is 331 g/mol. The molecule has 1 aromatic heterocycles. The van der Waals surface area contributed by atoms with Crippen LogP contribution in [0, 0.1) is 6.92 Å². The molecule has 7 heteroatoms. The van der Waals surface area contributed by atoms with Gasteiger partial charge in [0, 0.05) is 24.7 Å². The van der Waals surface area contributed by atoms with E-state index in [9.17, 15) is 18.0 Å². The molecule has 118 valence electrons. The average Bonchev–Trinajstić information content (AvgIpc) is 2.41. The van der Waals surface area contributed by atoms with Crippen molar-refractivity contribution in [1.82, 2.24) is 0 Å². The molecule has 0 radical (unpaired) electrons. The van der Waals surface area contributed by atoms with Gasteiger partial charge in [0.15, 0.2) is 11.9 Å². The maximum Gasteiger partial charge on any atom is 0.416 e. The second kappa shape index (κ2) is 7.26. The van der Waals surface area contributed by atoms with Crippen LogP contribution in [0.4, 0.5) is 18.9 Å². The summed E-state index contributed by atoms with van der Waals surface area (Å²) < 4.78 is 39.5. The van der Waals surface area contributed by atoms with Crippen molar-refractivity contribution in [1.29, 1.82) is 0 Å². The van der Waals surface area contributed by atoms with Crippen LogP contribution in [0.15, 0.2) is 48.7 Å². The van der Waals surface area contributed by atoms with Crippen LogP contribution in [0.2, 0.25) is 0 Å². The predicted octanol–water partition coefficient (Wildman–Crippen LogP) is -0.0560. The number of nitrogens with zero attached hydrogens (tertiary/aromatic N) is 1. The van der Waals surface area contributed by atoms with Gasteiger partial charge in [0.1, 0.15) is 0 Å². The summed E-state index contributed by atoms with van der Waals surface area (Å²) in [6.45, 7) is 1.89. The first-order valence-corrected chi connectivity index (χ1v) is 6.28. The molecule has 3 nitrogen and oxygen atoms in total. The van der Waals surface area contributed by atoms with E-state index < -0.39 is 11.7 Å². The summed E-state index contributed by atoms with van der Waals surface area (Å²) >= 11 is 0. The molecule has 1 N–H and O–H groups in total. The minimum atomic E-state index is -4.43. The van der Waals surface area contributed by atoms with Crippen LogP contribution in [0.5, 0.6) is 0 Å². The van der Waals surface area contributed by atoms with Crippen LogP contribution < -0.4 is 22.3 Å². The van der Waals surface area contributed by atoms with Crippen molar-refractivity contribution >= 4 is 11.6 Å². The number of alkyl halides is 3. The minimum Gasteiger partial charge on any atom is -1.00 e. The van der Waals surface area contributed by atoms with Crippen LogP contribution in [0.3, 0.4) is 0 Å². The van der Waals surface area contributed by atoms with Gasteiger partial charge in [0.2, 0.25) is 6.54 Å². The van der Waals surface area contributed by atoms with Gasteiger partial charge in [-0.1, -0.05) is 12.1 Å². The van der Waals surface area contributed by atoms with E-state index in [0.717, 1.165) is 17.8 Å². The Morgan fingerprint density at radius 1 is 1.18 bits per heavy atom. The summed E-state index contributed by atoms with van der Waals surface area (Å²) in [6.07, 6.45) is -2.69. The molecule has 1 heterocycles. The monoisotopic (exact) mass is 330 g/mol. The molecule has 2 rings (SSSR count). The second-order valence-electron chi connectivity index (χ2n) is 4.60. The molecule has 22 heavy (non-hydrogen) atoms. The van der Waals surface area contributed by atoms with E-state index in [4.69, 9.17) is 0 Å². The van der Waals surface area contributed by atoms with Gasteiger partial charge < -0.3 is 17.7 Å². The Morgan fingerprint density at radius 2 is 1.91 bits per heavy atom. The topological polar surface area (TPSA) is 33.0 Å². The molecule has 0 fully saturated rings. The summed E-state index contributed by atoms with van der Waals surface area (Å²) in [5.74, 6) is -0.381. The molecular formula is C15H14ClF3N2O. The lowest BCUT2D eigenvalue weighted by molar-refractivity contribution is -0.690. The van der Waals surface area contributed by atoms with E-state index in [0.29, 0.717) is 0 Å². The highest BCUT2D eigenvalue weighted by molar-refractivity contribution is 5.89. The molecule has 0 unspecified atom stereocenters. The molecule has 0 aliphatic heterocycles. The largest absolute Gasteiger partial charge is 1.00 e. The molecule has 0 saturated heterocycles. The van der Waals surface area contributed by atoms with Crippen molar-refractivity contribution in [3.05, 3.63) is 59.9 Å². The fraction of sp³-hybridized carbons (Fsp3) is 0.200. The number of nitrogens with one attached hydrogen (secondary N) is 1. The Labute approximate surface area is 132 Å². The van der Waals surface area contributed by atoms with Gasteiger partial charge in [-0.15, -0.1) is 0 Å². The second-order valence-corrected chi connectivity index (χ2v) is 4.60. The van der Waals surface area contributed by atoms with Gasteiger partial charge in [0.05, 0.1) is 5.56 Å². The van der Waals surface area contributed by atoms with Gasteiger partial charge in [-0.25, -0.2) is 0 Å². The van der Waals surface area contributed by atoms with Gasteiger partial charge in [-0.3, -0.25) is 4.79 Å². The summed E-state index contributed by atoms with van der Waals surface area (Å²) in [7, 11) is 0. The summed E-state index contributed by atoms with van der Waals surface area (Å²) in [5.41, 5.74) is 0.226. The van der Waals surface area contributed by atoms with Crippen molar-refractivity contribution in [3.8, 4) is 0 Å². The molecule has 0 atom stereocenters. The zero-order valence-electron chi connectivity index (χ0n) is 11.7. The Kier molecular flexibility index (Phi) is 5.93. The molecule has 1 amide bonds. The van der Waals surface area contributed by atoms with E-state index in [1.807, 2.05) is 19.1 Å². The van der Waals surface area contributed by atoms with E-state index in [2.05, 4.69) is 5.32 Å².